The molecule has 0 spiro atoms. The molecule has 2 aliphatic rings. The summed E-state index contributed by atoms with van der Waals surface area (Å²) in [6.07, 6.45) is 2.01. The zero-order chi connectivity index (χ0) is 15.9. The van der Waals surface area contributed by atoms with Crippen molar-refractivity contribution in [3.8, 4) is 0 Å². The van der Waals surface area contributed by atoms with E-state index in [1.807, 2.05) is 0 Å². The second-order valence-corrected chi connectivity index (χ2v) is 8.13. The predicted molar refractivity (Wildman–Crippen MR) is 90.9 cm³/mol. The number of carbonyl (C=O) groups is 1. The molecule has 1 heterocycles. The van der Waals surface area contributed by atoms with Crippen molar-refractivity contribution in [2.45, 2.75) is 30.7 Å². The van der Waals surface area contributed by atoms with Crippen molar-refractivity contribution < 1.29 is 13.2 Å². The highest BCUT2D eigenvalue weighted by Gasteiger charge is 2.44. The molecule has 3 N–H and O–H groups in total. The van der Waals surface area contributed by atoms with Crippen LogP contribution >= 0.6 is 12.4 Å². The van der Waals surface area contributed by atoms with Crippen LogP contribution in [-0.2, 0) is 14.8 Å². The van der Waals surface area contributed by atoms with Crippen molar-refractivity contribution in [3.63, 3.8) is 0 Å². The fourth-order valence-electron chi connectivity index (χ4n) is 3.53. The van der Waals surface area contributed by atoms with E-state index in [-0.39, 0.29) is 35.2 Å². The number of anilines is 1. The Hall–Kier alpha value is -1.15. The molecule has 8 heteroatoms. The fraction of sp³-hybridized carbons (Fsp3) is 0.533. The maximum absolute atomic E-state index is 12.7. The summed E-state index contributed by atoms with van der Waals surface area (Å²) in [6, 6.07) is 6.41. The van der Waals surface area contributed by atoms with Crippen LogP contribution in [0.15, 0.2) is 29.2 Å². The average Bonchev–Trinajstić information content (AvgIpc) is 3.02. The third-order valence-electron chi connectivity index (χ3n) is 4.69. The van der Waals surface area contributed by atoms with E-state index in [0.717, 1.165) is 12.8 Å². The van der Waals surface area contributed by atoms with Crippen LogP contribution in [0.3, 0.4) is 0 Å². The molecule has 0 radical (unpaired) electrons. The SMILES string of the molecule is CC(=O)Nc1ccc(S(=O)(=O)N2CC3CCC(N)C3C2)cc1.Cl. The molecule has 0 aromatic heterocycles. The minimum absolute atomic E-state index is 0. The van der Waals surface area contributed by atoms with Gasteiger partial charge >= 0.3 is 0 Å². The summed E-state index contributed by atoms with van der Waals surface area (Å²) < 4.78 is 27.0. The van der Waals surface area contributed by atoms with Crippen molar-refractivity contribution in [1.82, 2.24) is 4.31 Å². The zero-order valence-corrected chi connectivity index (χ0v) is 14.6. The molecule has 3 rings (SSSR count). The molecule has 1 saturated heterocycles. The summed E-state index contributed by atoms with van der Waals surface area (Å²) in [4.78, 5) is 11.3. The lowest BCUT2D eigenvalue weighted by molar-refractivity contribution is -0.114. The van der Waals surface area contributed by atoms with Gasteiger partial charge in [-0.05, 0) is 48.9 Å². The number of nitrogens with two attached hydrogens (primary N) is 1. The van der Waals surface area contributed by atoms with Gasteiger partial charge in [0.05, 0.1) is 4.90 Å². The molecule has 23 heavy (non-hydrogen) atoms. The van der Waals surface area contributed by atoms with E-state index in [2.05, 4.69) is 5.32 Å². The van der Waals surface area contributed by atoms with Gasteiger partial charge in [-0.1, -0.05) is 0 Å². The van der Waals surface area contributed by atoms with E-state index in [9.17, 15) is 13.2 Å². The molecule has 3 atom stereocenters. The molecule has 128 valence electrons. The molecule has 3 unspecified atom stereocenters. The van der Waals surface area contributed by atoms with Gasteiger partial charge < -0.3 is 11.1 Å². The van der Waals surface area contributed by atoms with Crippen molar-refractivity contribution in [2.24, 2.45) is 17.6 Å². The smallest absolute Gasteiger partial charge is 0.243 e. The van der Waals surface area contributed by atoms with E-state index >= 15 is 0 Å². The molecule has 1 aromatic rings. The molecule has 1 amide bonds. The Morgan fingerprint density at radius 3 is 2.43 bits per heavy atom. The third-order valence-corrected chi connectivity index (χ3v) is 6.54. The van der Waals surface area contributed by atoms with Crippen LogP contribution in [0.2, 0.25) is 0 Å². The van der Waals surface area contributed by atoms with Gasteiger partial charge in [0.25, 0.3) is 0 Å². The summed E-state index contributed by atoms with van der Waals surface area (Å²) in [7, 11) is -3.48. The third kappa shape index (κ3) is 3.52. The first-order chi connectivity index (χ1) is 10.4. The number of rotatable bonds is 3. The Bertz CT molecular complexity index is 678. The molecule has 1 saturated carbocycles. The fourth-order valence-corrected chi connectivity index (χ4v) is 5.06. The number of amides is 1. The van der Waals surface area contributed by atoms with Crippen LogP contribution in [0, 0.1) is 11.8 Å². The van der Waals surface area contributed by atoms with Gasteiger partial charge in [0.1, 0.15) is 0 Å². The highest BCUT2D eigenvalue weighted by atomic mass is 35.5. The van der Waals surface area contributed by atoms with Crippen LogP contribution < -0.4 is 11.1 Å². The standard InChI is InChI=1S/C15H21N3O3S.ClH/c1-10(19)17-12-3-5-13(6-4-12)22(20,21)18-8-11-2-7-15(16)14(11)9-18;/h3-6,11,14-15H,2,7-9,16H2,1H3,(H,17,19);1H. The number of sulfonamides is 1. The van der Waals surface area contributed by atoms with E-state index in [1.165, 1.54) is 19.1 Å². The van der Waals surface area contributed by atoms with Crippen molar-refractivity contribution in [2.75, 3.05) is 18.4 Å². The van der Waals surface area contributed by atoms with Crippen LogP contribution in [-0.4, -0.2) is 37.8 Å². The number of hydrogen-bond acceptors (Lipinski definition) is 4. The van der Waals surface area contributed by atoms with Gasteiger partial charge in [-0.25, -0.2) is 8.42 Å². The number of hydrogen-bond donors (Lipinski definition) is 2. The Kier molecular flexibility index (Phi) is 5.35. The van der Waals surface area contributed by atoms with Gasteiger partial charge in [-0.2, -0.15) is 4.31 Å². The second kappa shape index (κ2) is 6.76. The Morgan fingerprint density at radius 1 is 1.22 bits per heavy atom. The van der Waals surface area contributed by atoms with Gasteiger partial charge in [-0.3, -0.25) is 4.79 Å². The van der Waals surface area contributed by atoms with Crippen LogP contribution in [0.5, 0.6) is 0 Å². The number of nitrogens with one attached hydrogen (secondary N) is 1. The first-order valence-corrected chi connectivity index (χ1v) is 8.95. The lowest BCUT2D eigenvalue weighted by Crippen LogP contribution is -2.33. The minimum Gasteiger partial charge on any atom is -0.327 e. The highest BCUT2D eigenvalue weighted by Crippen LogP contribution is 2.39. The highest BCUT2D eigenvalue weighted by molar-refractivity contribution is 7.89. The number of benzene rings is 1. The monoisotopic (exact) mass is 359 g/mol. The molecular weight excluding hydrogens is 338 g/mol. The Morgan fingerprint density at radius 2 is 1.87 bits per heavy atom. The topological polar surface area (TPSA) is 92.5 Å². The number of carbonyl (C=O) groups excluding carboxylic acids is 1. The number of halogens is 1. The quantitative estimate of drug-likeness (QED) is 0.853. The summed E-state index contributed by atoms with van der Waals surface area (Å²) >= 11 is 0. The maximum Gasteiger partial charge on any atom is 0.243 e. The molecule has 6 nitrogen and oxygen atoms in total. The van der Waals surface area contributed by atoms with E-state index in [0.29, 0.717) is 24.7 Å². The molecule has 0 bridgehead atoms. The largest absolute Gasteiger partial charge is 0.327 e. The van der Waals surface area contributed by atoms with Gasteiger partial charge in [0.2, 0.25) is 15.9 Å². The summed E-state index contributed by atoms with van der Waals surface area (Å²) in [6.45, 7) is 2.49. The van der Waals surface area contributed by atoms with E-state index in [1.54, 1.807) is 16.4 Å². The van der Waals surface area contributed by atoms with E-state index < -0.39 is 10.0 Å². The Balaban J connectivity index is 0.00000192. The summed E-state index contributed by atoms with van der Waals surface area (Å²) in [5.41, 5.74) is 6.66. The predicted octanol–water partition coefficient (Wildman–Crippen LogP) is 1.42. The lowest BCUT2D eigenvalue weighted by atomic mass is 9.98. The first-order valence-electron chi connectivity index (χ1n) is 7.51. The minimum atomic E-state index is -3.48. The van der Waals surface area contributed by atoms with Crippen molar-refractivity contribution >= 4 is 34.0 Å². The summed E-state index contributed by atoms with van der Waals surface area (Å²) in [5, 5.41) is 2.63. The van der Waals surface area contributed by atoms with Crippen LogP contribution in [0.25, 0.3) is 0 Å². The normalized spacial score (nSPS) is 27.3. The second-order valence-electron chi connectivity index (χ2n) is 6.19. The van der Waals surface area contributed by atoms with Crippen LogP contribution in [0.4, 0.5) is 5.69 Å². The summed E-state index contributed by atoms with van der Waals surface area (Å²) in [5.74, 6) is 0.494. The van der Waals surface area contributed by atoms with Gasteiger partial charge in [-0.15, -0.1) is 12.4 Å². The number of nitrogens with zero attached hydrogens (tertiary/aromatic N) is 1. The van der Waals surface area contributed by atoms with Gasteiger partial charge in [0, 0.05) is 31.7 Å². The molecular formula is C15H22ClN3O3S. The molecule has 1 aliphatic heterocycles. The molecule has 2 fully saturated rings. The van der Waals surface area contributed by atoms with Gasteiger partial charge in [0.15, 0.2) is 0 Å². The first kappa shape index (κ1) is 18.2. The number of fused-ring (bicyclic) bond motifs is 1. The Labute approximate surface area is 142 Å². The maximum atomic E-state index is 12.7. The van der Waals surface area contributed by atoms with Crippen molar-refractivity contribution in [3.05, 3.63) is 24.3 Å². The van der Waals surface area contributed by atoms with Crippen molar-refractivity contribution in [1.29, 1.82) is 0 Å². The molecule has 1 aromatic carbocycles. The van der Waals surface area contributed by atoms with E-state index in [4.69, 9.17) is 5.73 Å². The lowest BCUT2D eigenvalue weighted by Gasteiger charge is -2.18. The zero-order valence-electron chi connectivity index (χ0n) is 12.9. The van der Waals surface area contributed by atoms with Crippen LogP contribution in [0.1, 0.15) is 19.8 Å². The average molecular weight is 360 g/mol. The molecule has 1 aliphatic carbocycles.